The number of allylic oxidation sites excluding steroid dienone is 1. The van der Waals surface area contributed by atoms with E-state index in [0.717, 1.165) is 17.7 Å². The van der Waals surface area contributed by atoms with Crippen molar-refractivity contribution in [3.05, 3.63) is 52.7 Å². The Kier molecular flexibility index (Phi) is 3.94. The second-order valence-corrected chi connectivity index (χ2v) is 7.25. The maximum absolute atomic E-state index is 12.7. The van der Waals surface area contributed by atoms with E-state index in [1.165, 1.54) is 0 Å². The lowest BCUT2D eigenvalue weighted by Crippen LogP contribution is -2.21. The molecule has 1 atom stereocenters. The van der Waals surface area contributed by atoms with E-state index in [9.17, 15) is 9.59 Å². The molecule has 0 amide bonds. The molecule has 0 radical (unpaired) electrons. The van der Waals surface area contributed by atoms with Crippen LogP contribution >= 0.6 is 0 Å². The van der Waals surface area contributed by atoms with Crippen LogP contribution in [0.3, 0.4) is 0 Å². The third-order valence-corrected chi connectivity index (χ3v) is 4.67. The van der Waals surface area contributed by atoms with E-state index in [2.05, 4.69) is 13.8 Å². The third-order valence-electron chi connectivity index (χ3n) is 4.67. The topological polar surface area (TPSA) is 65.7 Å². The molecule has 0 saturated heterocycles. The zero-order valence-electron chi connectivity index (χ0n) is 15.0. The Labute approximate surface area is 151 Å². The minimum Gasteiger partial charge on any atom is -0.462 e. The first kappa shape index (κ1) is 16.6. The number of hydrogen-bond donors (Lipinski definition) is 0. The van der Waals surface area contributed by atoms with Gasteiger partial charge in [0, 0.05) is 17.6 Å². The molecule has 2 aromatic rings. The van der Waals surface area contributed by atoms with Crippen molar-refractivity contribution in [2.45, 2.75) is 39.5 Å². The van der Waals surface area contributed by atoms with Gasteiger partial charge in [-0.15, -0.1) is 0 Å². The number of ketones is 1. The second-order valence-electron chi connectivity index (χ2n) is 7.25. The Morgan fingerprint density at radius 1 is 1.15 bits per heavy atom. The van der Waals surface area contributed by atoms with E-state index in [-0.39, 0.29) is 23.4 Å². The van der Waals surface area contributed by atoms with Gasteiger partial charge >= 0.3 is 5.97 Å². The number of carbonyl (C=O) groups excluding carboxylic acids is 2. The number of fused-ring (bicyclic) bond motifs is 3. The predicted molar refractivity (Wildman–Crippen MR) is 95.3 cm³/mol. The van der Waals surface area contributed by atoms with E-state index in [1.807, 2.05) is 13.0 Å². The number of carbonyl (C=O) groups is 2. The highest BCUT2D eigenvalue weighted by Gasteiger charge is 2.38. The first-order chi connectivity index (χ1) is 12.4. The van der Waals surface area contributed by atoms with Crippen LogP contribution in [-0.4, -0.2) is 11.8 Å². The largest absolute Gasteiger partial charge is 0.462 e. The van der Waals surface area contributed by atoms with Gasteiger partial charge in [-0.1, -0.05) is 13.8 Å². The molecule has 1 unspecified atom stereocenters. The molecule has 0 fully saturated rings. The number of aryl methyl sites for hydroxylation is 1. The molecule has 26 heavy (non-hydrogen) atoms. The molecule has 2 aliphatic rings. The van der Waals surface area contributed by atoms with Gasteiger partial charge in [0.25, 0.3) is 0 Å². The van der Waals surface area contributed by atoms with E-state index in [1.54, 1.807) is 24.3 Å². The number of esters is 1. The Morgan fingerprint density at radius 2 is 1.96 bits per heavy atom. The van der Waals surface area contributed by atoms with Gasteiger partial charge in [0.1, 0.15) is 23.0 Å². The summed E-state index contributed by atoms with van der Waals surface area (Å²) in [5.74, 6) is 2.54. The van der Waals surface area contributed by atoms with E-state index >= 15 is 0 Å². The Morgan fingerprint density at radius 3 is 2.65 bits per heavy atom. The zero-order valence-corrected chi connectivity index (χ0v) is 15.0. The van der Waals surface area contributed by atoms with Crippen LogP contribution in [0.1, 0.15) is 60.0 Å². The molecular formula is C21H20O5. The van der Waals surface area contributed by atoms with Crippen LogP contribution in [0.2, 0.25) is 0 Å². The number of hydrogen-bond acceptors (Lipinski definition) is 5. The summed E-state index contributed by atoms with van der Waals surface area (Å²) in [6.45, 7) is 6.06. The summed E-state index contributed by atoms with van der Waals surface area (Å²) in [4.78, 5) is 24.7. The van der Waals surface area contributed by atoms with Crippen LogP contribution < -0.4 is 9.47 Å². The minimum atomic E-state index is -0.241. The maximum Gasteiger partial charge on any atom is 0.311 e. The standard InChI is InChI=1S/C21H20O5/c1-11(2)8-13-9-18(22)25-16-7-6-15-20(23)17(26-21(15)19(13)16)10-14-5-4-12(3)24-14/h4-7,10-11,13H,8-9H2,1-3H3. The van der Waals surface area contributed by atoms with Gasteiger partial charge in [-0.25, -0.2) is 0 Å². The van der Waals surface area contributed by atoms with Gasteiger partial charge in [0.2, 0.25) is 5.78 Å². The monoisotopic (exact) mass is 352 g/mol. The van der Waals surface area contributed by atoms with Crippen LogP contribution in [0.15, 0.2) is 34.4 Å². The fourth-order valence-corrected chi connectivity index (χ4v) is 3.63. The van der Waals surface area contributed by atoms with Gasteiger partial charge in [-0.3, -0.25) is 9.59 Å². The Bertz CT molecular complexity index is 932. The number of benzene rings is 1. The van der Waals surface area contributed by atoms with Crippen molar-refractivity contribution in [1.29, 1.82) is 0 Å². The van der Waals surface area contributed by atoms with Gasteiger partial charge in [0.05, 0.1) is 12.0 Å². The average molecular weight is 352 g/mol. The minimum absolute atomic E-state index is 0.0146. The summed E-state index contributed by atoms with van der Waals surface area (Å²) in [6.07, 6.45) is 2.73. The lowest BCUT2D eigenvalue weighted by atomic mass is 9.84. The van der Waals surface area contributed by atoms with Crippen LogP contribution in [0.25, 0.3) is 6.08 Å². The van der Waals surface area contributed by atoms with Crippen LogP contribution in [0, 0.1) is 12.8 Å². The summed E-state index contributed by atoms with van der Waals surface area (Å²) in [5, 5.41) is 0. The molecule has 4 rings (SSSR count). The molecule has 0 bridgehead atoms. The smallest absolute Gasteiger partial charge is 0.311 e. The summed E-state index contributed by atoms with van der Waals surface area (Å²) >= 11 is 0. The molecule has 1 aromatic carbocycles. The maximum atomic E-state index is 12.7. The molecule has 1 aromatic heterocycles. The van der Waals surface area contributed by atoms with Crippen molar-refractivity contribution in [2.24, 2.45) is 5.92 Å². The lowest BCUT2D eigenvalue weighted by molar-refractivity contribution is -0.136. The third kappa shape index (κ3) is 2.83. The van der Waals surface area contributed by atoms with E-state index < -0.39 is 0 Å². The number of ether oxygens (including phenoxy) is 2. The van der Waals surface area contributed by atoms with Gasteiger partial charge in [0.15, 0.2) is 5.76 Å². The fourth-order valence-electron chi connectivity index (χ4n) is 3.63. The molecule has 134 valence electrons. The highest BCUT2D eigenvalue weighted by atomic mass is 16.5. The highest BCUT2D eigenvalue weighted by Crippen LogP contribution is 2.48. The molecule has 3 heterocycles. The lowest BCUT2D eigenvalue weighted by Gasteiger charge is -2.27. The zero-order chi connectivity index (χ0) is 18.4. The summed E-state index contributed by atoms with van der Waals surface area (Å²) in [5.41, 5.74) is 1.33. The SMILES string of the molecule is Cc1ccc(C=C2Oc3c(ccc4c3C(CC(C)C)CC(=O)O4)C2=O)o1. The Hall–Kier alpha value is -2.82. The highest BCUT2D eigenvalue weighted by molar-refractivity contribution is 6.15. The molecule has 5 heteroatoms. The van der Waals surface area contributed by atoms with Crippen molar-refractivity contribution in [2.75, 3.05) is 0 Å². The Balaban J connectivity index is 1.77. The molecular weight excluding hydrogens is 332 g/mol. The van der Waals surface area contributed by atoms with Crippen molar-refractivity contribution < 1.29 is 23.5 Å². The molecule has 0 N–H and O–H groups in total. The van der Waals surface area contributed by atoms with Crippen molar-refractivity contribution in [3.8, 4) is 11.5 Å². The summed E-state index contributed by atoms with van der Waals surface area (Å²) in [7, 11) is 0. The van der Waals surface area contributed by atoms with Crippen molar-refractivity contribution in [1.82, 2.24) is 0 Å². The molecule has 0 spiro atoms. The molecule has 5 nitrogen and oxygen atoms in total. The number of furan rings is 1. The fraction of sp³-hybridized carbons (Fsp3) is 0.333. The molecule has 0 saturated carbocycles. The summed E-state index contributed by atoms with van der Waals surface area (Å²) < 4.78 is 16.8. The molecule has 2 aliphatic heterocycles. The predicted octanol–water partition coefficient (Wildman–Crippen LogP) is 4.64. The average Bonchev–Trinajstić information content (AvgIpc) is 3.10. The van der Waals surface area contributed by atoms with Crippen LogP contribution in [0.4, 0.5) is 0 Å². The van der Waals surface area contributed by atoms with E-state index in [4.69, 9.17) is 13.9 Å². The molecule has 0 aliphatic carbocycles. The second kappa shape index (κ2) is 6.16. The summed E-state index contributed by atoms with van der Waals surface area (Å²) in [6, 6.07) is 6.98. The van der Waals surface area contributed by atoms with Gasteiger partial charge in [-0.2, -0.15) is 0 Å². The number of rotatable bonds is 3. The van der Waals surface area contributed by atoms with Gasteiger partial charge < -0.3 is 13.9 Å². The van der Waals surface area contributed by atoms with Crippen molar-refractivity contribution >= 4 is 17.8 Å². The first-order valence-corrected chi connectivity index (χ1v) is 8.80. The number of Topliss-reactive ketones (excluding diaryl/α,β-unsaturated/α-hetero) is 1. The van der Waals surface area contributed by atoms with Gasteiger partial charge in [-0.05, 0) is 43.5 Å². The van der Waals surface area contributed by atoms with Crippen LogP contribution in [0.5, 0.6) is 11.5 Å². The van der Waals surface area contributed by atoms with Crippen LogP contribution in [-0.2, 0) is 4.79 Å². The first-order valence-electron chi connectivity index (χ1n) is 8.80. The quantitative estimate of drug-likeness (QED) is 0.457. The van der Waals surface area contributed by atoms with E-state index in [0.29, 0.717) is 35.2 Å². The normalized spacial score (nSPS) is 20.2. The van der Waals surface area contributed by atoms with Crippen molar-refractivity contribution in [3.63, 3.8) is 0 Å².